The van der Waals surface area contributed by atoms with Crippen LogP contribution >= 0.6 is 0 Å². The van der Waals surface area contributed by atoms with Crippen LogP contribution in [0.4, 0.5) is 4.79 Å². The number of primary amides is 1. The van der Waals surface area contributed by atoms with Gasteiger partial charge in [-0.2, -0.15) is 0 Å². The van der Waals surface area contributed by atoms with Crippen molar-refractivity contribution in [3.63, 3.8) is 0 Å². The van der Waals surface area contributed by atoms with E-state index in [1.807, 2.05) is 19.1 Å². The first-order valence-corrected chi connectivity index (χ1v) is 3.83. The lowest BCUT2D eigenvalue weighted by molar-refractivity contribution is 0.211. The largest absolute Gasteiger partial charge is 0.410 e. The summed E-state index contributed by atoms with van der Waals surface area (Å²) in [4.78, 5) is 10.5. The molecule has 0 unspecified atom stereocenters. The molecule has 1 aromatic carbocycles. The molecule has 0 saturated carbocycles. The molecule has 0 spiro atoms. The molecule has 0 radical (unpaired) electrons. The summed E-state index contributed by atoms with van der Waals surface area (Å²) in [5.74, 6) is 0.447. The van der Waals surface area contributed by atoms with Gasteiger partial charge in [0.1, 0.15) is 5.75 Å². The van der Waals surface area contributed by atoms with Gasteiger partial charge in [0.15, 0.2) is 0 Å². The fourth-order valence-electron chi connectivity index (χ4n) is 1.02. The number of para-hydroxylation sites is 1. The molecule has 0 heterocycles. The van der Waals surface area contributed by atoms with Gasteiger partial charge in [-0.1, -0.05) is 24.8 Å². The molecule has 2 N–H and O–H groups in total. The summed E-state index contributed by atoms with van der Waals surface area (Å²) in [5.41, 5.74) is 6.53. The molecule has 0 aliphatic rings. The Balaban J connectivity index is 3.04. The summed E-state index contributed by atoms with van der Waals surface area (Å²) in [6.45, 7) is 5.60. The third kappa shape index (κ3) is 2.33. The smallest absolute Gasteiger partial charge is 0.409 e. The fraction of sp³-hybridized carbons (Fsp3) is 0.100. The van der Waals surface area contributed by atoms with Crippen LogP contribution in [-0.2, 0) is 0 Å². The van der Waals surface area contributed by atoms with Gasteiger partial charge in [-0.05, 0) is 18.6 Å². The Morgan fingerprint density at radius 1 is 1.46 bits per heavy atom. The van der Waals surface area contributed by atoms with E-state index in [0.29, 0.717) is 5.75 Å². The van der Waals surface area contributed by atoms with Crippen LogP contribution in [0.25, 0.3) is 5.57 Å². The Labute approximate surface area is 76.8 Å². The second-order valence-corrected chi connectivity index (χ2v) is 2.70. The van der Waals surface area contributed by atoms with E-state index in [9.17, 15) is 4.79 Å². The molecule has 68 valence electrons. The number of allylic oxidation sites excluding steroid dienone is 1. The number of carbonyl (C=O) groups is 1. The van der Waals surface area contributed by atoms with Crippen LogP contribution in [0.1, 0.15) is 12.5 Å². The molecular formula is C10H11NO2. The van der Waals surface area contributed by atoms with Crippen molar-refractivity contribution < 1.29 is 9.53 Å². The van der Waals surface area contributed by atoms with Crippen LogP contribution in [0.5, 0.6) is 5.75 Å². The van der Waals surface area contributed by atoms with Gasteiger partial charge >= 0.3 is 6.09 Å². The van der Waals surface area contributed by atoms with E-state index in [1.165, 1.54) is 0 Å². The van der Waals surface area contributed by atoms with E-state index in [1.54, 1.807) is 12.1 Å². The third-order valence-corrected chi connectivity index (χ3v) is 1.56. The van der Waals surface area contributed by atoms with Gasteiger partial charge in [-0.25, -0.2) is 4.79 Å². The van der Waals surface area contributed by atoms with E-state index in [2.05, 4.69) is 6.58 Å². The lowest BCUT2D eigenvalue weighted by Crippen LogP contribution is -2.16. The number of hydrogen-bond donors (Lipinski definition) is 1. The molecule has 1 rings (SSSR count). The summed E-state index contributed by atoms with van der Waals surface area (Å²) in [6, 6.07) is 7.11. The van der Waals surface area contributed by atoms with Crippen LogP contribution in [-0.4, -0.2) is 6.09 Å². The Morgan fingerprint density at radius 3 is 2.62 bits per heavy atom. The predicted octanol–water partition coefficient (Wildman–Crippen LogP) is 2.18. The maximum Gasteiger partial charge on any atom is 0.409 e. The second-order valence-electron chi connectivity index (χ2n) is 2.70. The summed E-state index contributed by atoms with van der Waals surface area (Å²) >= 11 is 0. The van der Waals surface area contributed by atoms with Crippen LogP contribution in [0.15, 0.2) is 30.8 Å². The van der Waals surface area contributed by atoms with Crippen molar-refractivity contribution in [2.45, 2.75) is 6.92 Å². The number of ether oxygens (including phenoxy) is 1. The van der Waals surface area contributed by atoms with Gasteiger partial charge in [0, 0.05) is 5.56 Å². The number of nitrogens with two attached hydrogens (primary N) is 1. The maximum atomic E-state index is 10.5. The van der Waals surface area contributed by atoms with Crippen molar-refractivity contribution in [1.29, 1.82) is 0 Å². The zero-order chi connectivity index (χ0) is 9.84. The van der Waals surface area contributed by atoms with Gasteiger partial charge in [0.05, 0.1) is 0 Å². The van der Waals surface area contributed by atoms with Gasteiger partial charge in [-0.15, -0.1) is 0 Å². The van der Waals surface area contributed by atoms with Crippen LogP contribution in [0.2, 0.25) is 0 Å². The van der Waals surface area contributed by atoms with Gasteiger partial charge in [0.25, 0.3) is 0 Å². The average molecular weight is 177 g/mol. The molecule has 13 heavy (non-hydrogen) atoms. The van der Waals surface area contributed by atoms with Crippen molar-refractivity contribution >= 4 is 11.7 Å². The molecular weight excluding hydrogens is 166 g/mol. The van der Waals surface area contributed by atoms with E-state index in [0.717, 1.165) is 11.1 Å². The predicted molar refractivity (Wildman–Crippen MR) is 51.4 cm³/mol. The Bertz CT molecular complexity index is 345. The standard InChI is InChI=1S/C10H11NO2/c1-7(2)8-5-3-4-6-9(8)13-10(11)12/h3-6H,1H2,2H3,(H2,11,12). The molecule has 0 atom stereocenters. The van der Waals surface area contributed by atoms with Crippen molar-refractivity contribution in [1.82, 2.24) is 0 Å². The Kier molecular flexibility index (Phi) is 2.69. The first-order chi connectivity index (χ1) is 6.11. The number of rotatable bonds is 2. The first kappa shape index (κ1) is 9.32. The molecule has 3 nitrogen and oxygen atoms in total. The Morgan fingerprint density at radius 2 is 2.08 bits per heavy atom. The van der Waals surface area contributed by atoms with Crippen molar-refractivity contribution in [3.8, 4) is 5.75 Å². The molecule has 0 aliphatic carbocycles. The highest BCUT2D eigenvalue weighted by molar-refractivity contribution is 5.73. The fourth-order valence-corrected chi connectivity index (χ4v) is 1.02. The molecule has 0 saturated heterocycles. The lowest BCUT2D eigenvalue weighted by Gasteiger charge is -2.06. The normalized spacial score (nSPS) is 9.31. The zero-order valence-corrected chi connectivity index (χ0v) is 7.41. The minimum absolute atomic E-state index is 0.447. The van der Waals surface area contributed by atoms with E-state index >= 15 is 0 Å². The molecule has 0 fully saturated rings. The van der Waals surface area contributed by atoms with Crippen LogP contribution in [0.3, 0.4) is 0 Å². The molecule has 0 bridgehead atoms. The summed E-state index contributed by atoms with van der Waals surface area (Å²) in [5, 5.41) is 0. The topological polar surface area (TPSA) is 52.3 Å². The number of hydrogen-bond acceptors (Lipinski definition) is 2. The zero-order valence-electron chi connectivity index (χ0n) is 7.41. The van der Waals surface area contributed by atoms with Crippen LogP contribution in [0, 0.1) is 0 Å². The first-order valence-electron chi connectivity index (χ1n) is 3.83. The van der Waals surface area contributed by atoms with Crippen molar-refractivity contribution in [2.24, 2.45) is 5.73 Å². The summed E-state index contributed by atoms with van der Waals surface area (Å²) < 4.78 is 4.78. The number of amides is 1. The lowest BCUT2D eigenvalue weighted by atomic mass is 10.1. The number of carbonyl (C=O) groups excluding carboxylic acids is 1. The third-order valence-electron chi connectivity index (χ3n) is 1.56. The quantitative estimate of drug-likeness (QED) is 0.752. The Hall–Kier alpha value is -1.77. The molecule has 1 amide bonds. The summed E-state index contributed by atoms with van der Waals surface area (Å²) in [6.07, 6.45) is -0.811. The summed E-state index contributed by atoms with van der Waals surface area (Å²) in [7, 11) is 0. The van der Waals surface area contributed by atoms with Crippen LogP contribution < -0.4 is 10.5 Å². The van der Waals surface area contributed by atoms with Gasteiger partial charge < -0.3 is 10.5 Å². The molecule has 1 aromatic rings. The SMILES string of the molecule is C=C(C)c1ccccc1OC(N)=O. The highest BCUT2D eigenvalue weighted by atomic mass is 16.5. The van der Waals surface area contributed by atoms with E-state index < -0.39 is 6.09 Å². The van der Waals surface area contributed by atoms with E-state index in [-0.39, 0.29) is 0 Å². The highest BCUT2D eigenvalue weighted by Gasteiger charge is 2.05. The second kappa shape index (κ2) is 3.76. The number of benzene rings is 1. The van der Waals surface area contributed by atoms with Crippen molar-refractivity contribution in [2.75, 3.05) is 0 Å². The minimum Gasteiger partial charge on any atom is -0.410 e. The minimum atomic E-state index is -0.811. The van der Waals surface area contributed by atoms with Gasteiger partial charge in [-0.3, -0.25) is 0 Å². The van der Waals surface area contributed by atoms with Crippen molar-refractivity contribution in [3.05, 3.63) is 36.4 Å². The molecule has 0 aliphatic heterocycles. The monoisotopic (exact) mass is 177 g/mol. The molecule has 3 heteroatoms. The van der Waals surface area contributed by atoms with Gasteiger partial charge in [0.2, 0.25) is 0 Å². The average Bonchev–Trinajstić information content (AvgIpc) is 2.03. The van der Waals surface area contributed by atoms with E-state index in [4.69, 9.17) is 10.5 Å². The molecule has 0 aromatic heterocycles. The maximum absolute atomic E-state index is 10.5. The highest BCUT2D eigenvalue weighted by Crippen LogP contribution is 2.23.